The van der Waals surface area contributed by atoms with E-state index >= 15 is 0 Å². The highest BCUT2D eigenvalue weighted by Gasteiger charge is 2.10. The largest absolute Gasteiger partial charge is 0.291 e. The third kappa shape index (κ3) is 1.68. The molecule has 0 aliphatic rings. The zero-order valence-corrected chi connectivity index (χ0v) is 10.6. The number of nitrogens with zero attached hydrogens (tertiary/aromatic N) is 5. The highest BCUT2D eigenvalue weighted by atomic mass is 15.4. The fourth-order valence-corrected chi connectivity index (χ4v) is 2.19. The van der Waals surface area contributed by atoms with E-state index in [1.54, 1.807) is 10.7 Å². The second kappa shape index (κ2) is 4.31. The van der Waals surface area contributed by atoms with Gasteiger partial charge in [0.05, 0.1) is 5.69 Å². The number of hydrogen-bond acceptors (Lipinski definition) is 3. The van der Waals surface area contributed by atoms with Crippen molar-refractivity contribution >= 4 is 5.78 Å². The minimum Gasteiger partial charge on any atom is -0.291 e. The summed E-state index contributed by atoms with van der Waals surface area (Å²) >= 11 is 0. The summed E-state index contributed by atoms with van der Waals surface area (Å²) < 4.78 is 3.63. The Balaban J connectivity index is 1.95. The third-order valence-electron chi connectivity index (χ3n) is 3.13. The van der Waals surface area contributed by atoms with Crippen molar-refractivity contribution in [1.29, 1.82) is 0 Å². The van der Waals surface area contributed by atoms with Gasteiger partial charge in [-0.3, -0.25) is 4.57 Å². The summed E-state index contributed by atoms with van der Waals surface area (Å²) in [6.07, 6.45) is 5.58. The Labute approximate surface area is 115 Å². The maximum Gasteiger partial charge on any atom is 0.255 e. The fourth-order valence-electron chi connectivity index (χ4n) is 2.19. The molecule has 0 atom stereocenters. The van der Waals surface area contributed by atoms with Gasteiger partial charge < -0.3 is 0 Å². The van der Waals surface area contributed by atoms with Crippen LogP contribution < -0.4 is 0 Å². The van der Waals surface area contributed by atoms with Gasteiger partial charge in [-0.25, -0.2) is 4.98 Å². The van der Waals surface area contributed by atoms with E-state index in [0.717, 1.165) is 11.3 Å². The average Bonchev–Trinajstić information content (AvgIpc) is 3.16. The lowest BCUT2D eigenvalue weighted by molar-refractivity contribution is 0.889. The zero-order chi connectivity index (χ0) is 13.4. The van der Waals surface area contributed by atoms with Crippen LogP contribution in [0.5, 0.6) is 0 Å². The van der Waals surface area contributed by atoms with E-state index in [1.807, 2.05) is 65.5 Å². The molecule has 0 amide bonds. The molecule has 3 aromatic heterocycles. The molecule has 0 aliphatic heterocycles. The fraction of sp³-hybridized carbons (Fsp3) is 0. The van der Waals surface area contributed by atoms with E-state index in [1.165, 1.54) is 0 Å². The topological polar surface area (TPSA) is 48.0 Å². The van der Waals surface area contributed by atoms with Gasteiger partial charge >= 0.3 is 0 Å². The second-order valence-electron chi connectivity index (χ2n) is 4.41. The highest BCUT2D eigenvalue weighted by molar-refractivity contribution is 5.61. The number of fused-ring (bicyclic) bond motifs is 1. The molecule has 0 N–H and O–H groups in total. The Hall–Kier alpha value is -2.95. The molecule has 1 aromatic carbocycles. The van der Waals surface area contributed by atoms with E-state index in [4.69, 9.17) is 0 Å². The molecule has 96 valence electrons. The van der Waals surface area contributed by atoms with Crippen molar-refractivity contribution in [2.45, 2.75) is 0 Å². The summed E-state index contributed by atoms with van der Waals surface area (Å²) in [6, 6.07) is 15.9. The van der Waals surface area contributed by atoms with Crippen LogP contribution in [0.1, 0.15) is 0 Å². The van der Waals surface area contributed by atoms with Crippen LogP contribution in [0.3, 0.4) is 0 Å². The summed E-state index contributed by atoms with van der Waals surface area (Å²) in [5, 5.41) is 4.54. The van der Waals surface area contributed by atoms with Crippen molar-refractivity contribution in [3.63, 3.8) is 0 Å². The highest BCUT2D eigenvalue weighted by Crippen LogP contribution is 2.19. The predicted octanol–water partition coefficient (Wildman–Crippen LogP) is 2.58. The maximum absolute atomic E-state index is 4.54. The van der Waals surface area contributed by atoms with Crippen molar-refractivity contribution in [3.05, 3.63) is 67.1 Å². The molecule has 0 bridgehead atoms. The molecule has 4 rings (SSSR count). The van der Waals surface area contributed by atoms with E-state index in [2.05, 4.69) is 15.1 Å². The van der Waals surface area contributed by atoms with E-state index in [0.29, 0.717) is 11.7 Å². The van der Waals surface area contributed by atoms with Crippen LogP contribution in [0.25, 0.3) is 23.0 Å². The monoisotopic (exact) mass is 261 g/mol. The number of benzene rings is 1. The van der Waals surface area contributed by atoms with Gasteiger partial charge in [0, 0.05) is 24.2 Å². The standard InChI is InChI=1S/C15H11N5/c1-2-6-12(7-3-1)13-8-9-16-14-17-15(18-20(13)14)19-10-4-5-11-19/h1-11H. The molecule has 20 heavy (non-hydrogen) atoms. The molecule has 0 saturated carbocycles. The molecule has 0 aliphatic carbocycles. The number of rotatable bonds is 2. The van der Waals surface area contributed by atoms with E-state index in [-0.39, 0.29) is 0 Å². The Morgan fingerprint density at radius 1 is 0.850 bits per heavy atom. The van der Waals surface area contributed by atoms with E-state index < -0.39 is 0 Å². The van der Waals surface area contributed by atoms with Crippen molar-refractivity contribution in [1.82, 2.24) is 24.1 Å². The lowest BCUT2D eigenvalue weighted by atomic mass is 10.1. The first-order valence-corrected chi connectivity index (χ1v) is 6.32. The molecule has 5 heteroatoms. The van der Waals surface area contributed by atoms with Crippen LogP contribution in [0.15, 0.2) is 67.1 Å². The van der Waals surface area contributed by atoms with Crippen molar-refractivity contribution < 1.29 is 0 Å². The normalized spacial score (nSPS) is 11.0. The first-order chi connectivity index (χ1) is 9.92. The molecule has 0 unspecified atom stereocenters. The lowest BCUT2D eigenvalue weighted by Gasteiger charge is -2.02. The van der Waals surface area contributed by atoms with Gasteiger partial charge in [0.15, 0.2) is 0 Å². The minimum absolute atomic E-state index is 0.593. The average molecular weight is 261 g/mol. The zero-order valence-electron chi connectivity index (χ0n) is 10.6. The maximum atomic E-state index is 4.54. The first kappa shape index (κ1) is 10.9. The van der Waals surface area contributed by atoms with Crippen LogP contribution in [-0.2, 0) is 0 Å². The predicted molar refractivity (Wildman–Crippen MR) is 75.5 cm³/mol. The lowest BCUT2D eigenvalue weighted by Crippen LogP contribution is -1.97. The van der Waals surface area contributed by atoms with Crippen LogP contribution in [0, 0.1) is 0 Å². The minimum atomic E-state index is 0.593. The summed E-state index contributed by atoms with van der Waals surface area (Å²) in [5.41, 5.74) is 2.06. The van der Waals surface area contributed by atoms with Gasteiger partial charge in [-0.05, 0) is 18.2 Å². The van der Waals surface area contributed by atoms with Gasteiger partial charge in [-0.15, -0.1) is 5.10 Å². The molecular formula is C15H11N5. The Morgan fingerprint density at radius 3 is 2.45 bits per heavy atom. The molecule has 0 spiro atoms. The van der Waals surface area contributed by atoms with Gasteiger partial charge in [-0.1, -0.05) is 30.3 Å². The smallest absolute Gasteiger partial charge is 0.255 e. The molecule has 4 aromatic rings. The first-order valence-electron chi connectivity index (χ1n) is 6.32. The van der Waals surface area contributed by atoms with E-state index in [9.17, 15) is 0 Å². The van der Waals surface area contributed by atoms with Crippen LogP contribution in [0.2, 0.25) is 0 Å². The molecule has 0 fully saturated rings. The molecular weight excluding hydrogens is 250 g/mol. The van der Waals surface area contributed by atoms with Gasteiger partial charge in [0.1, 0.15) is 0 Å². The SMILES string of the molecule is c1ccc(-c2ccnc3nc(-n4cccc4)nn23)cc1. The van der Waals surface area contributed by atoms with Crippen molar-refractivity contribution in [2.24, 2.45) is 0 Å². The molecule has 0 radical (unpaired) electrons. The number of aromatic nitrogens is 5. The Bertz CT molecular complexity index is 847. The summed E-state index contributed by atoms with van der Waals surface area (Å²) in [7, 11) is 0. The molecule has 3 heterocycles. The molecule has 0 saturated heterocycles. The third-order valence-corrected chi connectivity index (χ3v) is 3.13. The molecule has 5 nitrogen and oxygen atoms in total. The second-order valence-corrected chi connectivity index (χ2v) is 4.41. The van der Waals surface area contributed by atoms with Gasteiger partial charge in [-0.2, -0.15) is 9.50 Å². The quantitative estimate of drug-likeness (QED) is 0.557. The van der Waals surface area contributed by atoms with Crippen molar-refractivity contribution in [2.75, 3.05) is 0 Å². The number of hydrogen-bond donors (Lipinski definition) is 0. The Kier molecular flexibility index (Phi) is 2.35. The van der Waals surface area contributed by atoms with Crippen LogP contribution in [0.4, 0.5) is 0 Å². The Morgan fingerprint density at radius 2 is 1.65 bits per heavy atom. The van der Waals surface area contributed by atoms with Gasteiger partial charge in [0.25, 0.3) is 11.7 Å². The summed E-state index contributed by atoms with van der Waals surface area (Å²) in [6.45, 7) is 0. The van der Waals surface area contributed by atoms with Crippen LogP contribution in [-0.4, -0.2) is 24.1 Å². The van der Waals surface area contributed by atoms with Crippen molar-refractivity contribution in [3.8, 4) is 17.2 Å². The summed E-state index contributed by atoms with van der Waals surface area (Å²) in [5.74, 6) is 1.21. The van der Waals surface area contributed by atoms with Gasteiger partial charge in [0.2, 0.25) is 0 Å². The van der Waals surface area contributed by atoms with Crippen LogP contribution >= 0.6 is 0 Å². The summed E-state index contributed by atoms with van der Waals surface area (Å²) in [4.78, 5) is 8.72.